The fraction of sp³-hybridized carbons (Fsp3) is 0.875. The van der Waals surface area contributed by atoms with Gasteiger partial charge in [-0.15, -0.1) is 0 Å². The van der Waals surface area contributed by atoms with Gasteiger partial charge >= 0.3 is 5.97 Å². The highest BCUT2D eigenvalue weighted by atomic mass is 79.9. The molecule has 0 aromatic carbocycles. The van der Waals surface area contributed by atoms with Gasteiger partial charge in [0.05, 0.1) is 3.74 Å². The number of rotatable bonds is 7. The number of carbonyl (C=O) groups is 1. The number of alkyl halides is 14. The van der Waals surface area contributed by atoms with Gasteiger partial charge in [-0.25, -0.2) is 4.79 Å². The molecule has 0 aliphatic rings. The first kappa shape index (κ1) is 31.7. The largest absolute Gasteiger partial charge is 0.382 e. The van der Waals surface area contributed by atoms with Crippen LogP contribution in [0.2, 0.25) is 0 Å². The molecule has 0 radical (unpaired) electrons. The molecule has 0 rings (SSSR count). The lowest BCUT2D eigenvalue weighted by Gasteiger charge is -2.54. The molecule has 0 fully saturated rings. The Morgan fingerprint density at radius 2 is 0.960 bits per heavy atom. The molecule has 0 aliphatic carbocycles. The molecule has 0 spiro atoms. The summed E-state index contributed by atoms with van der Waals surface area (Å²) in [6, 6.07) is 0. The fourth-order valence-electron chi connectivity index (χ4n) is 1.11. The summed E-state index contributed by atoms with van der Waals surface area (Å²) in [5, 5.41) is 0. The minimum absolute atomic E-state index is 0.234. The number of hydrogen-bond donors (Lipinski definition) is 0. The monoisotopic (exact) mass is 1310 g/mol. The second-order valence-corrected chi connectivity index (χ2v) is 28.3. The molecule has 0 bridgehead atoms. The Hall–Kier alpha value is 6.67. The lowest BCUT2D eigenvalue weighted by molar-refractivity contribution is -0.132. The highest BCUT2D eigenvalue weighted by Gasteiger charge is 2.75. The summed E-state index contributed by atoms with van der Waals surface area (Å²) in [5.41, 5.74) is 0. The second-order valence-electron chi connectivity index (χ2n) is 4.16. The molecule has 0 amide bonds. The SMILES string of the molecule is O=C(OBr)C(Br)(Br)C(Br)(Br)C(Br)(Br)C(Br)(Br)C(Br)(Br)C(Br)(Br)C(Br)Br. The third-order valence-corrected chi connectivity index (χ3v) is 30.9. The van der Waals surface area contributed by atoms with E-state index in [-0.39, 0.29) is 3.74 Å². The van der Waals surface area contributed by atoms with E-state index in [9.17, 15) is 4.79 Å². The molecule has 0 heterocycles. The van der Waals surface area contributed by atoms with Gasteiger partial charge in [-0.2, -0.15) is 0 Å². The van der Waals surface area contributed by atoms with Crippen LogP contribution >= 0.6 is 239 Å². The first-order valence-corrected chi connectivity index (χ1v) is 17.1. The molecule has 2 nitrogen and oxygen atoms in total. The summed E-state index contributed by atoms with van der Waals surface area (Å²) in [5.74, 6) is -0.655. The van der Waals surface area contributed by atoms with Crippen molar-refractivity contribution in [3.63, 3.8) is 0 Å². The van der Waals surface area contributed by atoms with E-state index in [1.165, 1.54) is 0 Å². The first-order chi connectivity index (χ1) is 10.7. The zero-order chi connectivity index (χ0) is 20.9. The van der Waals surface area contributed by atoms with E-state index in [1.807, 2.05) is 0 Å². The lowest BCUT2D eigenvalue weighted by atomic mass is 10.1. The lowest BCUT2D eigenvalue weighted by Crippen LogP contribution is -2.66. The van der Waals surface area contributed by atoms with Gasteiger partial charge in [0.15, 0.2) is 16.3 Å². The van der Waals surface area contributed by atoms with Gasteiger partial charge in [-0.1, -0.05) is 223 Å². The third-order valence-electron chi connectivity index (χ3n) is 2.60. The van der Waals surface area contributed by atoms with Crippen LogP contribution in [0.3, 0.4) is 0 Å². The molecular formula is C8HBr15O2. The average molecular weight is 1330 g/mol. The number of hydrogen-bond acceptors (Lipinski definition) is 2. The maximum atomic E-state index is 12.3. The molecule has 0 unspecified atom stereocenters. The van der Waals surface area contributed by atoms with Crippen molar-refractivity contribution in [3.05, 3.63) is 0 Å². The fourth-order valence-corrected chi connectivity index (χ4v) is 13.7. The molecule has 0 saturated heterocycles. The summed E-state index contributed by atoms with van der Waals surface area (Å²) >= 11 is 52.8. The van der Waals surface area contributed by atoms with Crippen LogP contribution in [0.4, 0.5) is 0 Å². The smallest absolute Gasteiger partial charge is 0.347 e. The van der Waals surface area contributed by atoms with Crippen molar-refractivity contribution >= 4 is 245 Å². The van der Waals surface area contributed by atoms with E-state index in [4.69, 9.17) is 3.83 Å². The van der Waals surface area contributed by atoms with Crippen LogP contribution in [-0.4, -0.2) is 29.1 Å². The van der Waals surface area contributed by atoms with E-state index >= 15 is 0 Å². The molecule has 0 N–H and O–H groups in total. The molecule has 25 heavy (non-hydrogen) atoms. The van der Waals surface area contributed by atoms with Gasteiger partial charge in [0.2, 0.25) is 3.23 Å². The Morgan fingerprint density at radius 1 is 0.640 bits per heavy atom. The van der Waals surface area contributed by atoms with Crippen LogP contribution in [0.5, 0.6) is 0 Å². The highest BCUT2D eigenvalue weighted by Crippen LogP contribution is 2.74. The van der Waals surface area contributed by atoms with Crippen molar-refractivity contribution in [1.29, 1.82) is 0 Å². The molecule has 17 heteroatoms. The van der Waals surface area contributed by atoms with Crippen molar-refractivity contribution in [2.24, 2.45) is 0 Å². The quantitative estimate of drug-likeness (QED) is 0.238. The predicted octanol–water partition coefficient (Wildman–Crippen LogP) is 10.9. The van der Waals surface area contributed by atoms with Gasteiger partial charge in [0.25, 0.3) is 0 Å². The first-order valence-electron chi connectivity index (χ1n) is 5.06. The molecular weight excluding hydrogens is 1330 g/mol. The van der Waals surface area contributed by atoms with Gasteiger partial charge in [-0.3, -0.25) is 0 Å². The standard InChI is InChI=1S/C8HBr15O2/c9-1(10)3(11,12)5(15,16)7(19,20)8(21,22)6(17,18)4(13,14)2(24)25-23/h1H. The minimum atomic E-state index is -1.42. The van der Waals surface area contributed by atoms with Gasteiger partial charge in [-0.05, 0) is 0 Å². The number of halogens is 15. The van der Waals surface area contributed by atoms with Gasteiger partial charge < -0.3 is 3.83 Å². The maximum Gasteiger partial charge on any atom is 0.347 e. The molecule has 150 valence electrons. The van der Waals surface area contributed by atoms with E-state index < -0.39 is 25.4 Å². The minimum Gasteiger partial charge on any atom is -0.382 e. The van der Waals surface area contributed by atoms with Crippen LogP contribution < -0.4 is 0 Å². The summed E-state index contributed by atoms with van der Waals surface area (Å²) < 4.78 is -2.13. The highest BCUT2D eigenvalue weighted by molar-refractivity contribution is 9.36. The normalized spacial score (nSPS) is 15.5. The Labute approximate surface area is 271 Å². The second kappa shape index (κ2) is 10.9. The maximum absolute atomic E-state index is 12.3. The van der Waals surface area contributed by atoms with Crippen molar-refractivity contribution in [2.45, 2.75) is 23.1 Å². The van der Waals surface area contributed by atoms with Crippen LogP contribution in [0.15, 0.2) is 0 Å². The van der Waals surface area contributed by atoms with Crippen LogP contribution in [0.1, 0.15) is 0 Å². The molecule has 0 saturated carbocycles. The molecule has 0 aromatic rings. The molecule has 0 aromatic heterocycles. The van der Waals surface area contributed by atoms with E-state index in [2.05, 4.69) is 239 Å². The van der Waals surface area contributed by atoms with Crippen LogP contribution in [0.25, 0.3) is 0 Å². The third kappa shape index (κ3) is 5.85. The van der Waals surface area contributed by atoms with Gasteiger partial charge in [0.1, 0.15) is 16.2 Å². The Balaban J connectivity index is 6.44. The van der Waals surface area contributed by atoms with Crippen molar-refractivity contribution in [2.75, 3.05) is 0 Å². The summed E-state index contributed by atoms with van der Waals surface area (Å²) in [7, 11) is 0. The Morgan fingerprint density at radius 3 is 1.24 bits per heavy atom. The molecule has 0 aliphatic heterocycles. The van der Waals surface area contributed by atoms with Crippen LogP contribution in [0, 0.1) is 0 Å². The Kier molecular flexibility index (Phi) is 13.9. The van der Waals surface area contributed by atoms with E-state index in [0.29, 0.717) is 0 Å². The summed E-state index contributed by atoms with van der Waals surface area (Å²) in [6.07, 6.45) is 0. The van der Waals surface area contributed by atoms with Crippen molar-refractivity contribution in [3.8, 4) is 0 Å². The number of carbonyl (C=O) groups excluding carboxylic acids is 1. The predicted molar refractivity (Wildman–Crippen MR) is 160 cm³/mol. The van der Waals surface area contributed by atoms with E-state index in [1.54, 1.807) is 0 Å². The van der Waals surface area contributed by atoms with Gasteiger partial charge in [0, 0.05) is 0 Å². The summed E-state index contributed by atoms with van der Waals surface area (Å²) in [6.45, 7) is 0. The van der Waals surface area contributed by atoms with Crippen molar-refractivity contribution in [1.82, 2.24) is 0 Å². The topological polar surface area (TPSA) is 26.3 Å². The average Bonchev–Trinajstić information content (AvgIpc) is 2.44. The molecule has 0 atom stereocenters. The van der Waals surface area contributed by atoms with E-state index in [0.717, 1.165) is 0 Å². The van der Waals surface area contributed by atoms with Crippen LogP contribution in [-0.2, 0) is 8.62 Å². The Bertz CT molecular complexity index is 510. The summed E-state index contributed by atoms with van der Waals surface area (Å²) in [4.78, 5) is 12.3. The van der Waals surface area contributed by atoms with Crippen molar-refractivity contribution < 1.29 is 8.62 Å². The zero-order valence-corrected chi connectivity index (χ0v) is 34.4. The zero-order valence-electron chi connectivity index (χ0n) is 10.6.